The van der Waals surface area contributed by atoms with Gasteiger partial charge in [-0.3, -0.25) is 4.79 Å². The molecule has 0 aliphatic rings. The van der Waals surface area contributed by atoms with Gasteiger partial charge in [0.1, 0.15) is 12.2 Å². The number of ether oxygens (including phenoxy) is 2. The second-order valence-electron chi connectivity index (χ2n) is 7.99. The van der Waals surface area contributed by atoms with Gasteiger partial charge in [-0.1, -0.05) is 35.9 Å². The van der Waals surface area contributed by atoms with Gasteiger partial charge in [-0.15, -0.1) is 0 Å². The van der Waals surface area contributed by atoms with Crippen LogP contribution in [0.15, 0.2) is 53.4 Å². The molecule has 2 amide bonds. The Morgan fingerprint density at radius 3 is 2.45 bits per heavy atom. The van der Waals surface area contributed by atoms with Crippen molar-refractivity contribution in [2.75, 3.05) is 25.0 Å². The summed E-state index contributed by atoms with van der Waals surface area (Å²) in [6, 6.07) is 12.9. The molecule has 0 heterocycles. The number of halogens is 1. The highest BCUT2D eigenvalue weighted by atomic mass is 35.5. The van der Waals surface area contributed by atoms with Gasteiger partial charge in [0.15, 0.2) is 0 Å². The van der Waals surface area contributed by atoms with Crippen LogP contribution < -0.4 is 15.4 Å². The van der Waals surface area contributed by atoms with E-state index in [1.165, 1.54) is 18.2 Å². The van der Waals surface area contributed by atoms with Crippen molar-refractivity contribution < 1.29 is 27.5 Å². The molecular weight excluding hydrogens is 470 g/mol. The third kappa shape index (κ3) is 9.79. The predicted molar refractivity (Wildman–Crippen MR) is 126 cm³/mol. The number of hydrogen-bond donors (Lipinski definition) is 3. The highest BCUT2D eigenvalue weighted by Gasteiger charge is 2.17. The summed E-state index contributed by atoms with van der Waals surface area (Å²) >= 11 is 6.05. The number of rotatable bonds is 10. The summed E-state index contributed by atoms with van der Waals surface area (Å²) in [5, 5.41) is 5.61. The second kappa shape index (κ2) is 12.0. The molecule has 0 fully saturated rings. The summed E-state index contributed by atoms with van der Waals surface area (Å²) < 4.78 is 37.8. The number of carbonyl (C=O) groups excluding carboxylic acids is 2. The van der Waals surface area contributed by atoms with Gasteiger partial charge in [-0.2, -0.15) is 0 Å². The molecule has 0 unspecified atom stereocenters. The van der Waals surface area contributed by atoms with E-state index in [2.05, 4.69) is 15.4 Å². The minimum absolute atomic E-state index is 0.0328. The van der Waals surface area contributed by atoms with Crippen LogP contribution in [0.5, 0.6) is 0 Å². The maximum atomic E-state index is 12.5. The van der Waals surface area contributed by atoms with Crippen LogP contribution in [0.1, 0.15) is 26.3 Å². The first kappa shape index (κ1) is 26.6. The summed E-state index contributed by atoms with van der Waals surface area (Å²) in [5.74, 6) is -0.439. The first-order valence-corrected chi connectivity index (χ1v) is 12.0. The lowest BCUT2D eigenvalue weighted by Crippen LogP contribution is -2.37. The zero-order valence-electron chi connectivity index (χ0n) is 18.7. The van der Waals surface area contributed by atoms with Crippen LogP contribution in [0.25, 0.3) is 0 Å². The number of anilines is 1. The van der Waals surface area contributed by atoms with Gasteiger partial charge in [-0.05, 0) is 50.6 Å². The molecule has 0 saturated heterocycles. The second-order valence-corrected chi connectivity index (χ2v) is 10.2. The summed E-state index contributed by atoms with van der Waals surface area (Å²) in [6.07, 6.45) is -0.636. The van der Waals surface area contributed by atoms with E-state index < -0.39 is 27.6 Å². The Labute approximate surface area is 198 Å². The fourth-order valence-electron chi connectivity index (χ4n) is 2.55. The van der Waals surface area contributed by atoms with Crippen LogP contribution in [-0.2, 0) is 30.9 Å². The van der Waals surface area contributed by atoms with E-state index in [0.717, 1.165) is 5.56 Å². The first-order chi connectivity index (χ1) is 15.5. The summed E-state index contributed by atoms with van der Waals surface area (Å²) in [4.78, 5) is 23.7. The van der Waals surface area contributed by atoms with E-state index in [0.29, 0.717) is 10.7 Å². The maximum Gasteiger partial charge on any atom is 0.407 e. The third-order valence-electron chi connectivity index (χ3n) is 3.96. The van der Waals surface area contributed by atoms with Crippen molar-refractivity contribution in [3.8, 4) is 0 Å². The molecule has 2 aromatic rings. The van der Waals surface area contributed by atoms with Crippen molar-refractivity contribution in [1.29, 1.82) is 0 Å². The number of alkyl carbamates (subject to hydrolysis) is 1. The van der Waals surface area contributed by atoms with Crippen LogP contribution >= 0.6 is 11.6 Å². The Hall–Kier alpha value is -2.66. The molecule has 0 aromatic heterocycles. The van der Waals surface area contributed by atoms with E-state index >= 15 is 0 Å². The van der Waals surface area contributed by atoms with Gasteiger partial charge in [0.25, 0.3) is 0 Å². The number of benzene rings is 2. The highest BCUT2D eigenvalue weighted by Crippen LogP contribution is 2.17. The fraction of sp³-hybridized carbons (Fsp3) is 0.364. The maximum absolute atomic E-state index is 12.5. The predicted octanol–water partition coefficient (Wildman–Crippen LogP) is 3.30. The number of sulfonamides is 1. The molecule has 180 valence electrons. The molecule has 0 bridgehead atoms. The van der Waals surface area contributed by atoms with Crippen LogP contribution in [0.4, 0.5) is 10.5 Å². The molecule has 0 saturated carbocycles. The van der Waals surface area contributed by atoms with Crippen molar-refractivity contribution in [2.45, 2.75) is 37.9 Å². The molecule has 2 rings (SSSR count). The monoisotopic (exact) mass is 497 g/mol. The first-order valence-electron chi connectivity index (χ1n) is 10.1. The molecule has 9 nitrogen and oxygen atoms in total. The lowest BCUT2D eigenvalue weighted by Gasteiger charge is -2.19. The van der Waals surface area contributed by atoms with Gasteiger partial charge < -0.3 is 20.1 Å². The number of carbonyl (C=O) groups is 2. The Morgan fingerprint density at radius 1 is 1.03 bits per heavy atom. The smallest absolute Gasteiger partial charge is 0.407 e. The standard InChI is InChI=1S/C22H28ClN3O6S/c1-22(2,3)32-21(28)24-11-12-25-33(29,30)18-9-6-8-17(13-18)26-20(27)15-31-14-16-7-4-5-10-19(16)23/h4-10,13,25H,11-12,14-15H2,1-3H3,(H,24,28)(H,26,27). The van der Waals surface area contributed by atoms with E-state index in [1.807, 2.05) is 6.07 Å². The summed E-state index contributed by atoms with van der Waals surface area (Å²) in [6.45, 7) is 5.14. The minimum atomic E-state index is -3.85. The molecule has 0 radical (unpaired) electrons. The quantitative estimate of drug-likeness (QED) is 0.433. The van der Waals surface area contributed by atoms with Gasteiger partial charge >= 0.3 is 6.09 Å². The third-order valence-corrected chi connectivity index (χ3v) is 5.79. The van der Waals surface area contributed by atoms with E-state index in [4.69, 9.17) is 21.1 Å². The van der Waals surface area contributed by atoms with Gasteiger partial charge in [0.2, 0.25) is 15.9 Å². The summed E-state index contributed by atoms with van der Waals surface area (Å²) in [7, 11) is -3.85. The van der Waals surface area contributed by atoms with E-state index in [-0.39, 0.29) is 31.2 Å². The van der Waals surface area contributed by atoms with Crippen LogP contribution in [0.2, 0.25) is 5.02 Å². The minimum Gasteiger partial charge on any atom is -0.444 e. The van der Waals surface area contributed by atoms with Gasteiger partial charge in [-0.25, -0.2) is 17.9 Å². The Balaban J connectivity index is 1.82. The molecule has 0 atom stereocenters. The molecular formula is C22H28ClN3O6S. The molecule has 0 spiro atoms. The molecule has 0 aliphatic carbocycles. The van der Waals surface area contributed by atoms with Crippen LogP contribution in [0, 0.1) is 0 Å². The molecule has 3 N–H and O–H groups in total. The van der Waals surface area contributed by atoms with Gasteiger partial charge in [0.05, 0.1) is 11.5 Å². The largest absolute Gasteiger partial charge is 0.444 e. The lowest BCUT2D eigenvalue weighted by atomic mass is 10.2. The molecule has 33 heavy (non-hydrogen) atoms. The molecule has 0 aliphatic heterocycles. The summed E-state index contributed by atoms with van der Waals surface area (Å²) in [5.41, 5.74) is 0.414. The van der Waals surface area contributed by atoms with Crippen LogP contribution in [0.3, 0.4) is 0 Å². The van der Waals surface area contributed by atoms with Crippen molar-refractivity contribution >= 4 is 39.3 Å². The number of hydrogen-bond acceptors (Lipinski definition) is 6. The normalized spacial score (nSPS) is 11.6. The molecule has 2 aromatic carbocycles. The Bertz CT molecular complexity index is 1070. The fourth-order valence-corrected chi connectivity index (χ4v) is 3.82. The lowest BCUT2D eigenvalue weighted by molar-refractivity contribution is -0.121. The van der Waals surface area contributed by atoms with Crippen molar-refractivity contribution in [3.05, 3.63) is 59.1 Å². The van der Waals surface area contributed by atoms with Gasteiger partial charge in [0, 0.05) is 23.8 Å². The zero-order chi connectivity index (χ0) is 24.5. The number of amides is 2. The van der Waals surface area contributed by atoms with Crippen molar-refractivity contribution in [2.24, 2.45) is 0 Å². The average Bonchev–Trinajstić information content (AvgIpc) is 2.71. The highest BCUT2D eigenvalue weighted by molar-refractivity contribution is 7.89. The number of nitrogens with one attached hydrogen (secondary N) is 3. The average molecular weight is 498 g/mol. The SMILES string of the molecule is CC(C)(C)OC(=O)NCCNS(=O)(=O)c1cccc(NC(=O)COCc2ccccc2Cl)c1. The van der Waals surface area contributed by atoms with E-state index in [1.54, 1.807) is 45.0 Å². The topological polar surface area (TPSA) is 123 Å². The zero-order valence-corrected chi connectivity index (χ0v) is 20.3. The van der Waals surface area contributed by atoms with Crippen molar-refractivity contribution in [1.82, 2.24) is 10.0 Å². The molecule has 11 heteroatoms. The van der Waals surface area contributed by atoms with Crippen molar-refractivity contribution in [3.63, 3.8) is 0 Å². The van der Waals surface area contributed by atoms with E-state index in [9.17, 15) is 18.0 Å². The van der Waals surface area contributed by atoms with Crippen LogP contribution in [-0.4, -0.2) is 45.7 Å². The Morgan fingerprint density at radius 2 is 1.76 bits per heavy atom. The Kier molecular flexibility index (Phi) is 9.66.